The molecule has 7 aromatic carbocycles. The van der Waals surface area contributed by atoms with Crippen molar-refractivity contribution >= 4 is 97.7 Å². The van der Waals surface area contributed by atoms with E-state index < -0.39 is 0 Å². The Morgan fingerprint density at radius 2 is 0.850 bits per heavy atom. The van der Waals surface area contributed by atoms with Gasteiger partial charge in [-0.15, -0.1) is 0 Å². The molecule has 0 N–H and O–H groups in total. The molecule has 182 valence electrons. The minimum Gasteiger partial charge on any atom is -0.308 e. The van der Waals surface area contributed by atoms with E-state index >= 15 is 0 Å². The summed E-state index contributed by atoms with van der Waals surface area (Å²) in [4.78, 5) is 0. The molecular formula is C38H20N2. The molecule has 0 aliphatic rings. The van der Waals surface area contributed by atoms with E-state index in [1.807, 2.05) is 0 Å². The van der Waals surface area contributed by atoms with Gasteiger partial charge >= 0.3 is 0 Å². The Kier molecular flexibility index (Phi) is 3.17. The smallest absolute Gasteiger partial charge is 0.0620 e. The Bertz CT molecular complexity index is 2860. The van der Waals surface area contributed by atoms with Crippen LogP contribution in [0.5, 0.6) is 0 Å². The molecule has 0 spiro atoms. The topological polar surface area (TPSA) is 8.82 Å². The lowest BCUT2D eigenvalue weighted by atomic mass is 9.95. The van der Waals surface area contributed by atoms with Gasteiger partial charge in [0, 0.05) is 43.1 Å². The van der Waals surface area contributed by atoms with Crippen molar-refractivity contribution in [2.45, 2.75) is 0 Å². The highest BCUT2D eigenvalue weighted by molar-refractivity contribution is 6.34. The fraction of sp³-hybridized carbons (Fsp3) is 0. The number of hydrogen-bond donors (Lipinski definition) is 0. The number of rotatable bonds is 0. The molecule has 11 rings (SSSR count). The van der Waals surface area contributed by atoms with Crippen LogP contribution in [0.3, 0.4) is 0 Å². The molecule has 2 heteroatoms. The number of fused-ring (bicyclic) bond motifs is 16. The van der Waals surface area contributed by atoms with Crippen LogP contribution >= 0.6 is 0 Å². The van der Waals surface area contributed by atoms with Gasteiger partial charge in [0.05, 0.1) is 33.1 Å². The molecule has 0 unspecified atom stereocenters. The van der Waals surface area contributed by atoms with E-state index in [1.165, 1.54) is 97.7 Å². The number of para-hydroxylation sites is 4. The first kappa shape index (κ1) is 19.7. The Hall–Kier alpha value is -5.34. The van der Waals surface area contributed by atoms with Crippen LogP contribution in [0.2, 0.25) is 0 Å². The summed E-state index contributed by atoms with van der Waals surface area (Å²) < 4.78 is 4.96. The predicted molar refractivity (Wildman–Crippen MR) is 171 cm³/mol. The van der Waals surface area contributed by atoms with Crippen molar-refractivity contribution in [2.24, 2.45) is 0 Å². The van der Waals surface area contributed by atoms with Gasteiger partial charge in [-0.2, -0.15) is 0 Å². The van der Waals surface area contributed by atoms with E-state index in [-0.39, 0.29) is 0 Å². The van der Waals surface area contributed by atoms with Gasteiger partial charge in [-0.1, -0.05) is 91.0 Å². The maximum absolute atomic E-state index is 2.49. The molecule has 4 aromatic heterocycles. The predicted octanol–water partition coefficient (Wildman–Crippen LogP) is 10.3. The summed E-state index contributed by atoms with van der Waals surface area (Å²) in [6.07, 6.45) is 0. The van der Waals surface area contributed by atoms with E-state index in [0.717, 1.165) is 0 Å². The van der Waals surface area contributed by atoms with Gasteiger partial charge in [0.2, 0.25) is 0 Å². The lowest BCUT2D eigenvalue weighted by Gasteiger charge is -2.08. The highest BCUT2D eigenvalue weighted by atomic mass is 14.9. The molecule has 4 heterocycles. The van der Waals surface area contributed by atoms with Gasteiger partial charge in [0.1, 0.15) is 0 Å². The van der Waals surface area contributed by atoms with Crippen LogP contribution in [0.4, 0.5) is 0 Å². The van der Waals surface area contributed by atoms with Gasteiger partial charge in [-0.25, -0.2) is 0 Å². The van der Waals surface area contributed by atoms with Crippen LogP contribution in [-0.4, -0.2) is 8.80 Å². The lowest BCUT2D eigenvalue weighted by Crippen LogP contribution is -1.84. The van der Waals surface area contributed by atoms with Crippen molar-refractivity contribution in [3.05, 3.63) is 121 Å². The van der Waals surface area contributed by atoms with E-state index in [9.17, 15) is 0 Å². The number of benzene rings is 7. The minimum absolute atomic E-state index is 1.28. The largest absolute Gasteiger partial charge is 0.308 e. The average Bonchev–Trinajstić information content (AvgIpc) is 3.73. The van der Waals surface area contributed by atoms with Crippen molar-refractivity contribution in [3.63, 3.8) is 0 Å². The van der Waals surface area contributed by atoms with Crippen LogP contribution in [0.1, 0.15) is 0 Å². The Morgan fingerprint density at radius 3 is 1.60 bits per heavy atom. The van der Waals surface area contributed by atoms with Gasteiger partial charge in [-0.05, 0) is 51.9 Å². The fourth-order valence-electron chi connectivity index (χ4n) is 7.99. The van der Waals surface area contributed by atoms with E-state index in [4.69, 9.17) is 0 Å². The summed E-state index contributed by atoms with van der Waals surface area (Å²) >= 11 is 0. The zero-order chi connectivity index (χ0) is 25.7. The zero-order valence-corrected chi connectivity index (χ0v) is 21.4. The highest BCUT2D eigenvalue weighted by Crippen LogP contribution is 2.45. The molecule has 11 aromatic rings. The molecule has 0 aliphatic heterocycles. The van der Waals surface area contributed by atoms with Crippen molar-refractivity contribution in [2.75, 3.05) is 0 Å². The third kappa shape index (κ3) is 2.04. The molecule has 0 fully saturated rings. The zero-order valence-electron chi connectivity index (χ0n) is 21.4. The van der Waals surface area contributed by atoms with Crippen LogP contribution in [-0.2, 0) is 0 Å². The van der Waals surface area contributed by atoms with Gasteiger partial charge in [-0.3, -0.25) is 0 Å². The molecule has 0 radical (unpaired) electrons. The summed E-state index contributed by atoms with van der Waals surface area (Å²) in [6, 6.07) is 45.3. The molecule has 0 aliphatic carbocycles. The number of nitrogens with zero attached hydrogens (tertiary/aromatic N) is 2. The molecule has 0 amide bonds. The van der Waals surface area contributed by atoms with E-state index in [2.05, 4.69) is 130 Å². The van der Waals surface area contributed by atoms with Crippen LogP contribution in [0.15, 0.2) is 121 Å². The molecule has 0 saturated carbocycles. The summed E-state index contributed by atoms with van der Waals surface area (Å²) in [5.74, 6) is 0. The van der Waals surface area contributed by atoms with Gasteiger partial charge in [0.25, 0.3) is 0 Å². The first-order chi connectivity index (χ1) is 19.9. The third-order valence-corrected chi connectivity index (χ3v) is 9.53. The van der Waals surface area contributed by atoms with Crippen LogP contribution in [0.25, 0.3) is 97.7 Å². The second-order valence-electron chi connectivity index (χ2n) is 11.3. The quantitative estimate of drug-likeness (QED) is 0.182. The Labute approximate surface area is 227 Å². The number of hydrogen-bond acceptors (Lipinski definition) is 0. The van der Waals surface area contributed by atoms with Crippen molar-refractivity contribution in [1.29, 1.82) is 0 Å². The third-order valence-electron chi connectivity index (χ3n) is 9.53. The van der Waals surface area contributed by atoms with Crippen LogP contribution in [0, 0.1) is 0 Å². The molecule has 40 heavy (non-hydrogen) atoms. The Balaban J connectivity index is 1.40. The highest BCUT2D eigenvalue weighted by Gasteiger charge is 2.21. The van der Waals surface area contributed by atoms with E-state index in [1.54, 1.807) is 0 Å². The van der Waals surface area contributed by atoms with Crippen molar-refractivity contribution in [3.8, 4) is 0 Å². The second-order valence-corrected chi connectivity index (χ2v) is 11.3. The molecule has 0 bridgehead atoms. The normalized spacial score (nSPS) is 13.0. The minimum atomic E-state index is 1.28. The first-order valence-electron chi connectivity index (χ1n) is 14.0. The fourth-order valence-corrected chi connectivity index (χ4v) is 7.99. The molecule has 2 nitrogen and oxygen atoms in total. The van der Waals surface area contributed by atoms with Crippen molar-refractivity contribution < 1.29 is 0 Å². The summed E-state index contributed by atoms with van der Waals surface area (Å²) in [6.45, 7) is 0. The Morgan fingerprint density at radius 1 is 0.300 bits per heavy atom. The standard InChI is InChI=1S/C38H20N2/c1-3-13-31-24(8-1)26-10-6-12-28-36-33(39(31)38(26)28)18-17-21-15-16-22-19-34-30(20-29(22)35(21)36)27-11-5-9-25-23-7-2-4-14-32(23)40(34)37(25)27/h1-20H. The lowest BCUT2D eigenvalue weighted by molar-refractivity contribution is 1.37. The SMILES string of the molecule is c1ccc2c(c1)c1cccc3c4cc5c(ccc6ccc7c(c8cccc9c%10ccccc%10n7c98)c65)cc4n2c13. The summed E-state index contributed by atoms with van der Waals surface area (Å²) in [5, 5.41) is 15.9. The maximum Gasteiger partial charge on any atom is 0.0620 e. The monoisotopic (exact) mass is 504 g/mol. The molecule has 0 saturated heterocycles. The van der Waals surface area contributed by atoms with Crippen molar-refractivity contribution in [1.82, 2.24) is 8.80 Å². The van der Waals surface area contributed by atoms with Gasteiger partial charge in [0.15, 0.2) is 0 Å². The first-order valence-corrected chi connectivity index (χ1v) is 14.0. The summed E-state index contributed by atoms with van der Waals surface area (Å²) in [5.41, 5.74) is 7.79. The number of aromatic nitrogens is 2. The maximum atomic E-state index is 2.49. The molecular weight excluding hydrogens is 484 g/mol. The van der Waals surface area contributed by atoms with Gasteiger partial charge < -0.3 is 8.80 Å². The molecule has 0 atom stereocenters. The van der Waals surface area contributed by atoms with E-state index in [0.29, 0.717) is 0 Å². The average molecular weight is 505 g/mol. The second kappa shape index (κ2) is 6.44. The van der Waals surface area contributed by atoms with Crippen LogP contribution < -0.4 is 0 Å². The summed E-state index contributed by atoms with van der Waals surface area (Å²) in [7, 11) is 0.